The number of nitrogens with zero attached hydrogens (tertiary/aromatic N) is 1. The number of Topliss-reactive ketones (excluding diaryl/α,β-unsaturated/α-hetero) is 1. The number of hydrogen-bond donors (Lipinski definition) is 2. The molecule has 0 aliphatic carbocycles. The fourth-order valence-corrected chi connectivity index (χ4v) is 2.74. The summed E-state index contributed by atoms with van der Waals surface area (Å²) in [5.74, 6) is -2.05. The zero-order valence-corrected chi connectivity index (χ0v) is 11.6. The first kappa shape index (κ1) is 15.6. The number of amides is 1. The summed E-state index contributed by atoms with van der Waals surface area (Å²) in [6, 6.07) is -0.658. The van der Waals surface area contributed by atoms with E-state index in [1.54, 1.807) is 4.90 Å². The van der Waals surface area contributed by atoms with Crippen LogP contribution in [0.25, 0.3) is 0 Å². The summed E-state index contributed by atoms with van der Waals surface area (Å²) in [6.07, 6.45) is 1.35. The summed E-state index contributed by atoms with van der Waals surface area (Å²) < 4.78 is 0. The van der Waals surface area contributed by atoms with Crippen molar-refractivity contribution in [3.05, 3.63) is 0 Å². The van der Waals surface area contributed by atoms with Crippen molar-refractivity contribution in [3.63, 3.8) is 0 Å². The van der Waals surface area contributed by atoms with Gasteiger partial charge in [0, 0.05) is 25.3 Å². The highest BCUT2D eigenvalue weighted by Crippen LogP contribution is 2.24. The van der Waals surface area contributed by atoms with Crippen LogP contribution in [0, 0.1) is 5.92 Å². The molecule has 1 saturated heterocycles. The predicted molar refractivity (Wildman–Crippen MR) is 72.6 cm³/mol. The smallest absolute Gasteiger partial charge is 0.326 e. The first-order valence-corrected chi connectivity index (χ1v) is 6.54. The van der Waals surface area contributed by atoms with Crippen LogP contribution in [-0.2, 0) is 14.4 Å². The molecular weight excluding hydrogens is 268 g/mol. The molecule has 6 nitrogen and oxygen atoms in total. The van der Waals surface area contributed by atoms with Crippen LogP contribution < -0.4 is 5.73 Å². The molecule has 0 aromatic rings. The molecule has 2 atom stereocenters. The minimum Gasteiger partial charge on any atom is -0.480 e. The number of nitrogens with two attached hydrogens (primary N) is 1. The molecule has 0 bridgehead atoms. The number of likely N-dealkylation sites (tertiary alicyclic amines) is 1. The number of carboxylic acid groups (broad SMARTS) is 1. The van der Waals surface area contributed by atoms with Crippen molar-refractivity contribution in [3.8, 4) is 0 Å². The van der Waals surface area contributed by atoms with Gasteiger partial charge in [0.25, 0.3) is 0 Å². The fourth-order valence-electron chi connectivity index (χ4n) is 2.36. The van der Waals surface area contributed by atoms with E-state index in [1.165, 1.54) is 6.92 Å². The second kappa shape index (κ2) is 6.60. The van der Waals surface area contributed by atoms with Gasteiger partial charge < -0.3 is 20.5 Å². The molecule has 0 radical (unpaired) electrons. The predicted octanol–water partition coefficient (Wildman–Crippen LogP) is 0.334. The van der Waals surface area contributed by atoms with Crippen LogP contribution >= 0.6 is 12.2 Å². The zero-order chi connectivity index (χ0) is 14.6. The molecule has 1 fully saturated rings. The normalized spacial score (nSPS) is 20.1. The van der Waals surface area contributed by atoms with Crippen LogP contribution in [0.2, 0.25) is 0 Å². The van der Waals surface area contributed by atoms with E-state index in [2.05, 4.69) is 0 Å². The molecule has 19 heavy (non-hydrogen) atoms. The minimum atomic E-state index is -0.930. The quantitative estimate of drug-likeness (QED) is 0.683. The number of hydrogen-bond acceptors (Lipinski definition) is 4. The first-order valence-electron chi connectivity index (χ1n) is 6.14. The molecule has 3 N–H and O–H groups in total. The molecule has 0 saturated carbocycles. The molecule has 0 aromatic heterocycles. The van der Waals surface area contributed by atoms with Crippen molar-refractivity contribution in [2.24, 2.45) is 11.7 Å². The maximum atomic E-state index is 11.2. The Kier molecular flexibility index (Phi) is 5.41. The lowest BCUT2D eigenvalue weighted by atomic mass is 9.97. The Hall–Kier alpha value is -1.50. The molecule has 1 heterocycles. The molecule has 7 heteroatoms. The lowest BCUT2D eigenvalue weighted by Crippen LogP contribution is -2.43. The second-order valence-electron chi connectivity index (χ2n) is 4.80. The molecule has 1 aliphatic heterocycles. The largest absolute Gasteiger partial charge is 0.480 e. The van der Waals surface area contributed by atoms with Gasteiger partial charge in [-0.2, -0.15) is 0 Å². The maximum absolute atomic E-state index is 11.2. The van der Waals surface area contributed by atoms with Crippen molar-refractivity contribution in [1.82, 2.24) is 4.90 Å². The van der Waals surface area contributed by atoms with Crippen molar-refractivity contribution in [2.75, 3.05) is 6.54 Å². The van der Waals surface area contributed by atoms with Crippen LogP contribution in [0.4, 0.5) is 0 Å². The highest BCUT2D eigenvalue weighted by Gasteiger charge is 2.35. The van der Waals surface area contributed by atoms with Crippen LogP contribution in [0.1, 0.15) is 32.6 Å². The molecule has 1 rings (SSSR count). The third-order valence-electron chi connectivity index (χ3n) is 3.15. The Morgan fingerprint density at radius 3 is 2.53 bits per heavy atom. The Balaban J connectivity index is 2.82. The molecule has 106 valence electrons. The summed E-state index contributed by atoms with van der Waals surface area (Å²) in [4.78, 5) is 35.4. The average Bonchev–Trinajstić information content (AvgIpc) is 2.74. The SMILES string of the molecule is CC(=O)CC(CC(N)=O)C(=S)N1CCC[C@H]1C(=O)O. The zero-order valence-electron chi connectivity index (χ0n) is 10.8. The number of rotatable bonds is 6. The van der Waals surface area contributed by atoms with Crippen molar-refractivity contribution in [1.29, 1.82) is 0 Å². The first-order chi connectivity index (χ1) is 8.82. The number of thiocarbonyl (C=S) groups is 1. The molecular formula is C12H18N2O4S. The van der Waals surface area contributed by atoms with Crippen LogP contribution in [0.3, 0.4) is 0 Å². The van der Waals surface area contributed by atoms with Gasteiger partial charge in [-0.05, 0) is 19.8 Å². The van der Waals surface area contributed by atoms with E-state index < -0.39 is 23.8 Å². The number of carboxylic acids is 1. The number of aliphatic carboxylic acids is 1. The second-order valence-corrected chi connectivity index (χ2v) is 5.22. The highest BCUT2D eigenvalue weighted by atomic mass is 32.1. The van der Waals surface area contributed by atoms with E-state index in [1.807, 2.05) is 0 Å². The number of carbonyl (C=O) groups is 3. The molecule has 1 amide bonds. The van der Waals surface area contributed by atoms with E-state index >= 15 is 0 Å². The molecule has 1 aliphatic rings. The van der Waals surface area contributed by atoms with Gasteiger partial charge in [-0.25, -0.2) is 4.79 Å². The summed E-state index contributed by atoms with van der Waals surface area (Å²) in [7, 11) is 0. The van der Waals surface area contributed by atoms with Crippen LogP contribution in [0.15, 0.2) is 0 Å². The van der Waals surface area contributed by atoms with E-state index in [4.69, 9.17) is 23.1 Å². The standard InChI is InChI=1S/C12H18N2O4S/c1-7(15)5-8(6-10(13)16)11(19)14-4-2-3-9(14)12(17)18/h8-9H,2-6H2,1H3,(H2,13,16)(H,17,18)/t8?,9-/m0/s1. The van der Waals surface area contributed by atoms with Gasteiger partial charge in [0.2, 0.25) is 5.91 Å². The lowest BCUT2D eigenvalue weighted by molar-refractivity contribution is -0.140. The Morgan fingerprint density at radius 1 is 1.42 bits per heavy atom. The van der Waals surface area contributed by atoms with Gasteiger partial charge in [-0.15, -0.1) is 0 Å². The summed E-state index contributed by atoms with van der Waals surface area (Å²) >= 11 is 5.27. The summed E-state index contributed by atoms with van der Waals surface area (Å²) in [5, 5.41) is 9.12. The molecule has 0 spiro atoms. The monoisotopic (exact) mass is 286 g/mol. The molecule has 0 aromatic carbocycles. The number of ketones is 1. The van der Waals surface area contributed by atoms with Crippen molar-refractivity contribution >= 4 is 34.9 Å². The van der Waals surface area contributed by atoms with Gasteiger partial charge in [-0.3, -0.25) is 4.79 Å². The fraction of sp³-hybridized carbons (Fsp3) is 0.667. The van der Waals surface area contributed by atoms with Crippen molar-refractivity contribution in [2.45, 2.75) is 38.6 Å². The van der Waals surface area contributed by atoms with E-state index in [-0.39, 0.29) is 18.6 Å². The third-order valence-corrected chi connectivity index (χ3v) is 3.72. The topological polar surface area (TPSA) is 101 Å². The van der Waals surface area contributed by atoms with Crippen LogP contribution in [-0.4, -0.2) is 45.2 Å². The lowest BCUT2D eigenvalue weighted by Gasteiger charge is -2.28. The Labute approximate surface area is 116 Å². The van der Waals surface area contributed by atoms with Crippen LogP contribution in [0.5, 0.6) is 0 Å². The van der Waals surface area contributed by atoms with E-state index in [9.17, 15) is 14.4 Å². The maximum Gasteiger partial charge on any atom is 0.326 e. The minimum absolute atomic E-state index is 0.0265. The number of carbonyl (C=O) groups excluding carboxylic acids is 2. The summed E-state index contributed by atoms with van der Waals surface area (Å²) in [5.41, 5.74) is 5.16. The highest BCUT2D eigenvalue weighted by molar-refractivity contribution is 7.80. The van der Waals surface area contributed by atoms with Crippen molar-refractivity contribution < 1.29 is 19.5 Å². The Morgan fingerprint density at radius 2 is 2.05 bits per heavy atom. The average molecular weight is 286 g/mol. The third kappa shape index (κ3) is 4.27. The van der Waals surface area contributed by atoms with Gasteiger partial charge >= 0.3 is 5.97 Å². The Bertz CT molecular complexity index is 395. The van der Waals surface area contributed by atoms with Gasteiger partial charge in [0.05, 0.1) is 4.99 Å². The number of primary amides is 1. The van der Waals surface area contributed by atoms with Gasteiger partial charge in [-0.1, -0.05) is 12.2 Å². The van der Waals surface area contributed by atoms with Gasteiger partial charge in [0.1, 0.15) is 11.8 Å². The van der Waals surface area contributed by atoms with E-state index in [0.29, 0.717) is 18.0 Å². The summed E-state index contributed by atoms with van der Waals surface area (Å²) in [6.45, 7) is 1.96. The molecule has 1 unspecified atom stereocenters. The van der Waals surface area contributed by atoms with Gasteiger partial charge in [0.15, 0.2) is 0 Å². The van der Waals surface area contributed by atoms with E-state index in [0.717, 1.165) is 6.42 Å².